The van der Waals surface area contributed by atoms with Crippen LogP contribution in [0, 0.1) is 11.7 Å². The topological polar surface area (TPSA) is 60.8 Å². The molecule has 1 aliphatic rings. The van der Waals surface area contributed by atoms with E-state index in [9.17, 15) is 9.18 Å². The number of benzene rings is 1. The molecule has 1 aliphatic carbocycles. The zero-order valence-corrected chi connectivity index (χ0v) is 9.43. The third kappa shape index (κ3) is 2.48. The van der Waals surface area contributed by atoms with Crippen LogP contribution in [0.25, 0.3) is 0 Å². The molecule has 1 fully saturated rings. The standard InChI is InChI=1S/C11H13BFNO3/c1-14(11(15)7-2-3-7)10-5-4-8(12(16)17)6-9(10)13/h4-7,16-17H,2-3H2,1H3. The van der Waals surface area contributed by atoms with Crippen molar-refractivity contribution in [3.63, 3.8) is 0 Å². The Hall–Kier alpha value is -1.40. The minimum atomic E-state index is -1.71. The fraction of sp³-hybridized carbons (Fsp3) is 0.364. The van der Waals surface area contributed by atoms with E-state index in [1.54, 1.807) is 0 Å². The van der Waals surface area contributed by atoms with Crippen molar-refractivity contribution in [1.82, 2.24) is 0 Å². The predicted octanol–water partition coefficient (Wildman–Crippen LogP) is -0.122. The van der Waals surface area contributed by atoms with Crippen LogP contribution >= 0.6 is 0 Å². The van der Waals surface area contributed by atoms with E-state index >= 15 is 0 Å². The molecule has 1 amide bonds. The number of halogens is 1. The molecule has 0 spiro atoms. The zero-order chi connectivity index (χ0) is 12.6. The number of carbonyl (C=O) groups is 1. The first-order valence-electron chi connectivity index (χ1n) is 5.44. The Balaban J connectivity index is 2.23. The number of hydrogen-bond acceptors (Lipinski definition) is 3. The lowest BCUT2D eigenvalue weighted by atomic mass is 9.80. The molecule has 17 heavy (non-hydrogen) atoms. The first-order chi connectivity index (χ1) is 8.00. The van der Waals surface area contributed by atoms with Crippen LogP contribution in [0.5, 0.6) is 0 Å². The van der Waals surface area contributed by atoms with Crippen LogP contribution < -0.4 is 10.4 Å². The summed E-state index contributed by atoms with van der Waals surface area (Å²) >= 11 is 0. The van der Waals surface area contributed by atoms with Crippen LogP contribution in [0.2, 0.25) is 0 Å². The number of carbonyl (C=O) groups excluding carboxylic acids is 1. The van der Waals surface area contributed by atoms with Gasteiger partial charge in [0.1, 0.15) is 5.82 Å². The first kappa shape index (κ1) is 12.1. The molecule has 0 atom stereocenters. The van der Waals surface area contributed by atoms with Crippen LogP contribution in [0.15, 0.2) is 18.2 Å². The van der Waals surface area contributed by atoms with Gasteiger partial charge in [0.2, 0.25) is 5.91 Å². The van der Waals surface area contributed by atoms with Gasteiger partial charge in [-0.3, -0.25) is 4.79 Å². The van der Waals surface area contributed by atoms with Gasteiger partial charge in [0.05, 0.1) is 5.69 Å². The predicted molar refractivity (Wildman–Crippen MR) is 62.4 cm³/mol. The summed E-state index contributed by atoms with van der Waals surface area (Å²) in [5.74, 6) is -0.712. The molecule has 0 heterocycles. The van der Waals surface area contributed by atoms with Gasteiger partial charge in [0.25, 0.3) is 0 Å². The van der Waals surface area contributed by atoms with E-state index in [1.807, 2.05) is 0 Å². The van der Waals surface area contributed by atoms with E-state index in [2.05, 4.69) is 0 Å². The fourth-order valence-corrected chi connectivity index (χ4v) is 1.68. The van der Waals surface area contributed by atoms with Crippen molar-refractivity contribution >= 4 is 24.2 Å². The van der Waals surface area contributed by atoms with Crippen molar-refractivity contribution in [2.75, 3.05) is 11.9 Å². The molecular weight excluding hydrogens is 224 g/mol. The lowest BCUT2D eigenvalue weighted by Crippen LogP contribution is -2.32. The fourth-order valence-electron chi connectivity index (χ4n) is 1.68. The molecule has 6 heteroatoms. The Morgan fingerprint density at radius 1 is 1.47 bits per heavy atom. The molecule has 0 radical (unpaired) electrons. The molecule has 0 unspecified atom stereocenters. The Labute approximate surface area is 98.8 Å². The van der Waals surface area contributed by atoms with Crippen molar-refractivity contribution in [2.45, 2.75) is 12.8 Å². The molecule has 4 nitrogen and oxygen atoms in total. The summed E-state index contributed by atoms with van der Waals surface area (Å²) in [7, 11) is -0.184. The summed E-state index contributed by atoms with van der Waals surface area (Å²) in [6.07, 6.45) is 1.72. The summed E-state index contributed by atoms with van der Waals surface area (Å²) in [6.45, 7) is 0. The van der Waals surface area contributed by atoms with Gasteiger partial charge in [-0.25, -0.2) is 4.39 Å². The third-order valence-electron chi connectivity index (χ3n) is 2.89. The molecule has 0 saturated heterocycles. The SMILES string of the molecule is CN(C(=O)C1CC1)c1ccc(B(O)O)cc1F. The normalized spacial score (nSPS) is 14.6. The Morgan fingerprint density at radius 2 is 2.12 bits per heavy atom. The van der Waals surface area contributed by atoms with Crippen molar-refractivity contribution in [1.29, 1.82) is 0 Å². The van der Waals surface area contributed by atoms with Crippen LogP contribution in [0.4, 0.5) is 10.1 Å². The van der Waals surface area contributed by atoms with Gasteiger partial charge in [-0.1, -0.05) is 6.07 Å². The first-order valence-corrected chi connectivity index (χ1v) is 5.44. The minimum Gasteiger partial charge on any atom is -0.423 e. The van der Waals surface area contributed by atoms with Gasteiger partial charge in [-0.15, -0.1) is 0 Å². The highest BCUT2D eigenvalue weighted by Gasteiger charge is 2.33. The second-order valence-electron chi connectivity index (χ2n) is 4.26. The summed E-state index contributed by atoms with van der Waals surface area (Å²) in [5.41, 5.74) is 0.227. The van der Waals surface area contributed by atoms with E-state index in [0.717, 1.165) is 18.9 Å². The molecule has 1 aromatic rings. The monoisotopic (exact) mass is 237 g/mol. The second-order valence-corrected chi connectivity index (χ2v) is 4.26. The number of hydrogen-bond donors (Lipinski definition) is 2. The highest BCUT2D eigenvalue weighted by molar-refractivity contribution is 6.58. The Bertz CT molecular complexity index is 448. The van der Waals surface area contributed by atoms with E-state index in [-0.39, 0.29) is 23.0 Å². The van der Waals surface area contributed by atoms with Gasteiger partial charge in [0.15, 0.2) is 0 Å². The number of anilines is 1. The van der Waals surface area contributed by atoms with Gasteiger partial charge < -0.3 is 14.9 Å². The van der Waals surface area contributed by atoms with Gasteiger partial charge >= 0.3 is 7.12 Å². The van der Waals surface area contributed by atoms with E-state index in [4.69, 9.17) is 10.0 Å². The highest BCUT2D eigenvalue weighted by atomic mass is 19.1. The van der Waals surface area contributed by atoms with E-state index in [0.29, 0.717) is 0 Å². The van der Waals surface area contributed by atoms with Gasteiger partial charge in [-0.05, 0) is 30.4 Å². The molecular formula is C11H13BFNO3. The smallest absolute Gasteiger partial charge is 0.423 e. The van der Waals surface area contributed by atoms with Crippen molar-refractivity contribution in [3.05, 3.63) is 24.0 Å². The molecule has 2 N–H and O–H groups in total. The Kier molecular flexibility index (Phi) is 3.17. The maximum absolute atomic E-state index is 13.7. The highest BCUT2D eigenvalue weighted by Crippen LogP contribution is 2.32. The molecule has 90 valence electrons. The molecule has 1 aromatic carbocycles. The van der Waals surface area contributed by atoms with Crippen LogP contribution in [0.3, 0.4) is 0 Å². The molecule has 0 bridgehead atoms. The molecule has 1 saturated carbocycles. The van der Waals surface area contributed by atoms with Crippen molar-refractivity contribution < 1.29 is 19.2 Å². The minimum absolute atomic E-state index is 0.0162. The zero-order valence-electron chi connectivity index (χ0n) is 9.43. The number of amides is 1. The van der Waals surface area contributed by atoms with E-state index in [1.165, 1.54) is 24.1 Å². The second kappa shape index (κ2) is 4.47. The van der Waals surface area contributed by atoms with Gasteiger partial charge in [0, 0.05) is 13.0 Å². The average Bonchev–Trinajstić information content (AvgIpc) is 3.10. The molecule has 2 rings (SSSR count). The van der Waals surface area contributed by atoms with Crippen LogP contribution in [-0.4, -0.2) is 30.1 Å². The largest absolute Gasteiger partial charge is 0.488 e. The van der Waals surface area contributed by atoms with Gasteiger partial charge in [-0.2, -0.15) is 0 Å². The maximum atomic E-state index is 13.7. The van der Waals surface area contributed by atoms with Crippen molar-refractivity contribution in [2.24, 2.45) is 5.92 Å². The summed E-state index contributed by atoms with van der Waals surface area (Å²) in [4.78, 5) is 13.0. The summed E-state index contributed by atoms with van der Waals surface area (Å²) in [6, 6.07) is 3.79. The van der Waals surface area contributed by atoms with Crippen LogP contribution in [-0.2, 0) is 4.79 Å². The van der Waals surface area contributed by atoms with Crippen LogP contribution in [0.1, 0.15) is 12.8 Å². The van der Waals surface area contributed by atoms with E-state index < -0.39 is 12.9 Å². The Morgan fingerprint density at radius 3 is 2.59 bits per heavy atom. The summed E-state index contributed by atoms with van der Waals surface area (Å²) < 4.78 is 13.7. The maximum Gasteiger partial charge on any atom is 0.488 e. The number of nitrogens with zero attached hydrogens (tertiary/aromatic N) is 1. The lowest BCUT2D eigenvalue weighted by Gasteiger charge is -2.18. The molecule has 0 aromatic heterocycles. The average molecular weight is 237 g/mol. The quantitative estimate of drug-likeness (QED) is 0.720. The molecule has 0 aliphatic heterocycles. The summed E-state index contributed by atoms with van der Waals surface area (Å²) in [5, 5.41) is 17.8. The van der Waals surface area contributed by atoms with Crippen molar-refractivity contribution in [3.8, 4) is 0 Å². The third-order valence-corrected chi connectivity index (χ3v) is 2.89. The number of rotatable bonds is 3. The lowest BCUT2D eigenvalue weighted by molar-refractivity contribution is -0.119.